The number of methoxy groups -OCH3 is 1. The van der Waals surface area contributed by atoms with Crippen molar-refractivity contribution in [2.45, 2.75) is 6.92 Å². The Balaban J connectivity index is 2.78. The number of fused-ring (bicyclic) bond motifs is 1. The van der Waals surface area contributed by atoms with E-state index in [-0.39, 0.29) is 5.97 Å². The molecule has 0 atom stereocenters. The Bertz CT molecular complexity index is 597. The molecule has 0 amide bonds. The third-order valence-electron chi connectivity index (χ3n) is 2.76. The summed E-state index contributed by atoms with van der Waals surface area (Å²) in [6.45, 7) is 5.83. The number of esters is 1. The topological polar surface area (TPSA) is 26.3 Å². The molecule has 2 aromatic carbocycles. The van der Waals surface area contributed by atoms with Gasteiger partial charge in [-0.15, -0.1) is 0 Å². The highest BCUT2D eigenvalue weighted by Gasteiger charge is 2.11. The van der Waals surface area contributed by atoms with Gasteiger partial charge in [-0.2, -0.15) is 0 Å². The zero-order valence-electron chi connectivity index (χ0n) is 9.99. The molecule has 0 aromatic heterocycles. The van der Waals surface area contributed by atoms with Gasteiger partial charge in [0, 0.05) is 0 Å². The first kappa shape index (κ1) is 11.4. The standard InChI is InChI=1S/C15H14O2/c1-10(2)12-8-11-6-4-5-7-13(11)14(9-12)15(16)17-3/h4-9H,1H2,2-3H3. The highest BCUT2D eigenvalue weighted by molar-refractivity contribution is 6.05. The maximum atomic E-state index is 11.8. The van der Waals surface area contributed by atoms with Crippen LogP contribution >= 0.6 is 0 Å². The van der Waals surface area contributed by atoms with E-state index in [1.807, 2.05) is 43.3 Å². The highest BCUT2D eigenvalue weighted by Crippen LogP contribution is 2.24. The second-order valence-corrected chi connectivity index (χ2v) is 4.02. The fraction of sp³-hybridized carbons (Fsp3) is 0.133. The third kappa shape index (κ3) is 2.07. The molecule has 2 rings (SSSR count). The number of hydrogen-bond acceptors (Lipinski definition) is 2. The van der Waals surface area contributed by atoms with Crippen molar-refractivity contribution in [1.82, 2.24) is 0 Å². The van der Waals surface area contributed by atoms with Crippen LogP contribution in [0, 0.1) is 0 Å². The Labute approximate surface area is 101 Å². The Morgan fingerprint density at radius 3 is 2.59 bits per heavy atom. The van der Waals surface area contributed by atoms with Crippen molar-refractivity contribution in [3.8, 4) is 0 Å². The molecule has 2 nitrogen and oxygen atoms in total. The SMILES string of the molecule is C=C(C)c1cc(C(=O)OC)c2ccccc2c1. The van der Waals surface area contributed by atoms with Crippen LogP contribution in [0.4, 0.5) is 0 Å². The summed E-state index contributed by atoms with van der Waals surface area (Å²) in [6.07, 6.45) is 0. The molecule has 17 heavy (non-hydrogen) atoms. The first-order valence-electron chi connectivity index (χ1n) is 5.40. The van der Waals surface area contributed by atoms with Crippen LogP contribution in [0.2, 0.25) is 0 Å². The maximum Gasteiger partial charge on any atom is 0.338 e. The van der Waals surface area contributed by atoms with Gasteiger partial charge in [0.05, 0.1) is 12.7 Å². The summed E-state index contributed by atoms with van der Waals surface area (Å²) in [6, 6.07) is 11.6. The van der Waals surface area contributed by atoms with Gasteiger partial charge in [-0.1, -0.05) is 36.4 Å². The maximum absolute atomic E-state index is 11.8. The number of carbonyl (C=O) groups excluding carboxylic acids is 1. The Kier molecular flexibility index (Phi) is 2.96. The van der Waals surface area contributed by atoms with Gasteiger partial charge in [0.25, 0.3) is 0 Å². The second-order valence-electron chi connectivity index (χ2n) is 4.02. The zero-order valence-corrected chi connectivity index (χ0v) is 9.99. The minimum atomic E-state index is -0.315. The molecule has 0 aliphatic rings. The van der Waals surface area contributed by atoms with Gasteiger partial charge in [-0.3, -0.25) is 0 Å². The molecule has 0 aliphatic carbocycles. The molecule has 0 saturated carbocycles. The van der Waals surface area contributed by atoms with Gasteiger partial charge < -0.3 is 4.74 Å². The average Bonchev–Trinajstić information content (AvgIpc) is 2.36. The fourth-order valence-electron chi connectivity index (χ4n) is 1.84. The lowest BCUT2D eigenvalue weighted by Crippen LogP contribution is -2.02. The van der Waals surface area contributed by atoms with Gasteiger partial charge in [0.15, 0.2) is 0 Å². The molecule has 0 unspecified atom stereocenters. The van der Waals surface area contributed by atoms with Crippen LogP contribution in [-0.4, -0.2) is 13.1 Å². The van der Waals surface area contributed by atoms with Crippen molar-refractivity contribution >= 4 is 22.3 Å². The number of carbonyl (C=O) groups is 1. The Morgan fingerprint density at radius 2 is 1.94 bits per heavy atom. The first-order chi connectivity index (χ1) is 8.13. The molecular weight excluding hydrogens is 212 g/mol. The summed E-state index contributed by atoms with van der Waals surface area (Å²) in [7, 11) is 1.39. The number of benzene rings is 2. The summed E-state index contributed by atoms with van der Waals surface area (Å²) in [5.74, 6) is -0.315. The van der Waals surface area contributed by atoms with E-state index >= 15 is 0 Å². The lowest BCUT2D eigenvalue weighted by atomic mass is 9.98. The number of rotatable bonds is 2. The van der Waals surface area contributed by atoms with E-state index in [0.717, 1.165) is 21.9 Å². The van der Waals surface area contributed by atoms with E-state index in [1.165, 1.54) is 7.11 Å². The van der Waals surface area contributed by atoms with Crippen LogP contribution in [0.1, 0.15) is 22.8 Å². The van der Waals surface area contributed by atoms with Gasteiger partial charge in [0.1, 0.15) is 0 Å². The Morgan fingerprint density at radius 1 is 1.24 bits per heavy atom. The van der Waals surface area contributed by atoms with Gasteiger partial charge in [-0.25, -0.2) is 4.79 Å². The van der Waals surface area contributed by atoms with E-state index < -0.39 is 0 Å². The van der Waals surface area contributed by atoms with Crippen LogP contribution in [0.15, 0.2) is 43.0 Å². The van der Waals surface area contributed by atoms with Crippen molar-refractivity contribution in [3.05, 3.63) is 54.1 Å². The third-order valence-corrected chi connectivity index (χ3v) is 2.76. The smallest absolute Gasteiger partial charge is 0.338 e. The Hall–Kier alpha value is -2.09. The van der Waals surface area contributed by atoms with E-state index in [0.29, 0.717) is 5.56 Å². The largest absolute Gasteiger partial charge is 0.465 e. The van der Waals surface area contributed by atoms with E-state index in [4.69, 9.17) is 4.74 Å². The molecule has 0 aliphatic heterocycles. The molecule has 2 aromatic rings. The summed E-state index contributed by atoms with van der Waals surface area (Å²) >= 11 is 0. The van der Waals surface area contributed by atoms with E-state index in [9.17, 15) is 4.79 Å². The minimum absolute atomic E-state index is 0.315. The molecule has 86 valence electrons. The molecular formula is C15H14O2. The number of allylic oxidation sites excluding steroid dienone is 1. The molecule has 0 saturated heterocycles. The van der Waals surface area contributed by atoms with Crippen LogP contribution in [0.5, 0.6) is 0 Å². The van der Waals surface area contributed by atoms with Crippen molar-refractivity contribution in [3.63, 3.8) is 0 Å². The zero-order chi connectivity index (χ0) is 12.4. The number of hydrogen-bond donors (Lipinski definition) is 0. The molecule has 0 heterocycles. The summed E-state index contributed by atoms with van der Waals surface area (Å²) in [4.78, 5) is 11.8. The molecule has 2 heteroatoms. The monoisotopic (exact) mass is 226 g/mol. The predicted octanol–water partition coefficient (Wildman–Crippen LogP) is 3.66. The van der Waals surface area contributed by atoms with E-state index in [2.05, 4.69) is 6.58 Å². The number of ether oxygens (including phenoxy) is 1. The summed E-state index contributed by atoms with van der Waals surface area (Å²) in [5.41, 5.74) is 2.48. The molecule has 0 radical (unpaired) electrons. The van der Waals surface area contributed by atoms with E-state index in [1.54, 1.807) is 0 Å². The van der Waals surface area contributed by atoms with Crippen LogP contribution in [-0.2, 0) is 4.74 Å². The van der Waals surface area contributed by atoms with Gasteiger partial charge in [0.2, 0.25) is 0 Å². The normalized spacial score (nSPS) is 10.2. The predicted molar refractivity (Wildman–Crippen MR) is 70.0 cm³/mol. The quantitative estimate of drug-likeness (QED) is 0.730. The van der Waals surface area contributed by atoms with Crippen LogP contribution in [0.25, 0.3) is 16.3 Å². The van der Waals surface area contributed by atoms with Gasteiger partial charge in [-0.05, 0) is 35.4 Å². The highest BCUT2D eigenvalue weighted by atomic mass is 16.5. The van der Waals surface area contributed by atoms with Crippen molar-refractivity contribution in [1.29, 1.82) is 0 Å². The van der Waals surface area contributed by atoms with Crippen molar-refractivity contribution in [2.24, 2.45) is 0 Å². The molecule has 0 N–H and O–H groups in total. The molecule has 0 bridgehead atoms. The second kappa shape index (κ2) is 4.42. The summed E-state index contributed by atoms with van der Waals surface area (Å²) in [5, 5.41) is 1.93. The lowest BCUT2D eigenvalue weighted by molar-refractivity contribution is 0.0603. The first-order valence-corrected chi connectivity index (χ1v) is 5.40. The van der Waals surface area contributed by atoms with Crippen molar-refractivity contribution in [2.75, 3.05) is 7.11 Å². The minimum Gasteiger partial charge on any atom is -0.465 e. The lowest BCUT2D eigenvalue weighted by Gasteiger charge is -2.08. The summed E-state index contributed by atoms with van der Waals surface area (Å²) < 4.78 is 4.81. The fourth-order valence-corrected chi connectivity index (χ4v) is 1.84. The van der Waals surface area contributed by atoms with Crippen molar-refractivity contribution < 1.29 is 9.53 Å². The average molecular weight is 226 g/mol. The van der Waals surface area contributed by atoms with Gasteiger partial charge >= 0.3 is 5.97 Å². The molecule has 0 spiro atoms. The van der Waals surface area contributed by atoms with Crippen LogP contribution < -0.4 is 0 Å². The molecule has 0 fully saturated rings. The van der Waals surface area contributed by atoms with Crippen LogP contribution in [0.3, 0.4) is 0 Å².